The molecule has 0 aliphatic rings. The summed E-state index contributed by atoms with van der Waals surface area (Å²) >= 11 is 0. The lowest BCUT2D eigenvalue weighted by Crippen LogP contribution is -2.23. The molecule has 1 aromatic rings. The van der Waals surface area contributed by atoms with E-state index in [0.717, 1.165) is 0 Å². The molecule has 0 saturated heterocycles. The number of benzene rings is 1. The summed E-state index contributed by atoms with van der Waals surface area (Å²) in [6, 6.07) is 6.10. The standard InChI is InChI=1S/C12H16O5/c1-2-17-11(15)7-10(14)12(16)8-5-3-4-6-9(8)13/h3-6,10,12-14,16H,2,7H2,1H3. The van der Waals surface area contributed by atoms with E-state index in [-0.39, 0.29) is 24.3 Å². The van der Waals surface area contributed by atoms with Gasteiger partial charge in [0.2, 0.25) is 0 Å². The average Bonchev–Trinajstić information content (AvgIpc) is 2.29. The largest absolute Gasteiger partial charge is 0.508 e. The first-order valence-corrected chi connectivity index (χ1v) is 5.36. The Morgan fingerprint density at radius 1 is 1.35 bits per heavy atom. The molecule has 0 spiro atoms. The van der Waals surface area contributed by atoms with Gasteiger partial charge >= 0.3 is 5.97 Å². The number of hydrogen-bond acceptors (Lipinski definition) is 5. The minimum atomic E-state index is -1.32. The Morgan fingerprint density at radius 2 is 2.00 bits per heavy atom. The normalized spacial score (nSPS) is 14.1. The number of phenols is 1. The summed E-state index contributed by atoms with van der Waals surface area (Å²) in [6.45, 7) is 1.88. The van der Waals surface area contributed by atoms with Crippen LogP contribution in [-0.4, -0.2) is 34.0 Å². The third-order valence-corrected chi connectivity index (χ3v) is 2.30. The van der Waals surface area contributed by atoms with Crippen molar-refractivity contribution in [3.05, 3.63) is 29.8 Å². The third-order valence-electron chi connectivity index (χ3n) is 2.30. The number of esters is 1. The molecule has 0 aliphatic carbocycles. The summed E-state index contributed by atoms with van der Waals surface area (Å²) in [7, 11) is 0. The van der Waals surface area contributed by atoms with Crippen LogP contribution in [0.15, 0.2) is 24.3 Å². The number of aromatic hydroxyl groups is 1. The lowest BCUT2D eigenvalue weighted by Gasteiger charge is -2.18. The van der Waals surface area contributed by atoms with Crippen LogP contribution < -0.4 is 0 Å². The molecule has 2 atom stereocenters. The zero-order valence-corrected chi connectivity index (χ0v) is 9.54. The van der Waals surface area contributed by atoms with Crippen LogP contribution in [0.4, 0.5) is 0 Å². The molecule has 5 nitrogen and oxygen atoms in total. The highest BCUT2D eigenvalue weighted by Crippen LogP contribution is 2.27. The van der Waals surface area contributed by atoms with Crippen molar-refractivity contribution in [3.8, 4) is 5.75 Å². The van der Waals surface area contributed by atoms with Gasteiger partial charge in [0, 0.05) is 5.56 Å². The van der Waals surface area contributed by atoms with Crippen molar-refractivity contribution in [2.45, 2.75) is 25.6 Å². The first kappa shape index (κ1) is 13.5. The molecule has 17 heavy (non-hydrogen) atoms. The van der Waals surface area contributed by atoms with E-state index in [0.29, 0.717) is 0 Å². The minimum Gasteiger partial charge on any atom is -0.508 e. The Bertz CT molecular complexity index is 377. The van der Waals surface area contributed by atoms with Crippen LogP contribution in [0.1, 0.15) is 25.0 Å². The van der Waals surface area contributed by atoms with Gasteiger partial charge in [-0.15, -0.1) is 0 Å². The van der Waals surface area contributed by atoms with Crippen molar-refractivity contribution in [2.75, 3.05) is 6.61 Å². The first-order valence-electron chi connectivity index (χ1n) is 5.36. The number of aliphatic hydroxyl groups is 2. The van der Waals surface area contributed by atoms with Crippen molar-refractivity contribution in [1.29, 1.82) is 0 Å². The number of carbonyl (C=O) groups is 1. The van der Waals surface area contributed by atoms with Crippen LogP contribution in [0.3, 0.4) is 0 Å². The van der Waals surface area contributed by atoms with E-state index in [1.165, 1.54) is 12.1 Å². The lowest BCUT2D eigenvalue weighted by atomic mass is 10.0. The third kappa shape index (κ3) is 3.72. The molecule has 0 aliphatic heterocycles. The van der Waals surface area contributed by atoms with Gasteiger partial charge in [-0.05, 0) is 13.0 Å². The van der Waals surface area contributed by atoms with E-state index >= 15 is 0 Å². The maximum absolute atomic E-state index is 11.1. The number of ether oxygens (including phenoxy) is 1. The summed E-state index contributed by atoms with van der Waals surface area (Å²) in [5.74, 6) is -0.711. The van der Waals surface area contributed by atoms with Gasteiger partial charge in [0.1, 0.15) is 11.9 Å². The number of aliphatic hydroxyl groups excluding tert-OH is 2. The van der Waals surface area contributed by atoms with Crippen LogP contribution in [0, 0.1) is 0 Å². The molecule has 5 heteroatoms. The van der Waals surface area contributed by atoms with Gasteiger partial charge < -0.3 is 20.1 Å². The van der Waals surface area contributed by atoms with Crippen LogP contribution >= 0.6 is 0 Å². The SMILES string of the molecule is CCOC(=O)CC(O)C(O)c1ccccc1O. The second-order valence-electron chi connectivity index (χ2n) is 3.58. The smallest absolute Gasteiger partial charge is 0.308 e. The van der Waals surface area contributed by atoms with E-state index in [1.54, 1.807) is 19.1 Å². The molecule has 1 aromatic carbocycles. The van der Waals surface area contributed by atoms with Crippen molar-refractivity contribution in [3.63, 3.8) is 0 Å². The van der Waals surface area contributed by atoms with Crippen LogP contribution in [0.5, 0.6) is 5.75 Å². The fraction of sp³-hybridized carbons (Fsp3) is 0.417. The molecule has 0 radical (unpaired) electrons. The van der Waals surface area contributed by atoms with Gasteiger partial charge in [-0.3, -0.25) is 4.79 Å². The van der Waals surface area contributed by atoms with E-state index in [9.17, 15) is 20.1 Å². The van der Waals surface area contributed by atoms with Crippen molar-refractivity contribution in [2.24, 2.45) is 0 Å². The molecule has 1 rings (SSSR count). The van der Waals surface area contributed by atoms with Crippen molar-refractivity contribution in [1.82, 2.24) is 0 Å². The fourth-order valence-electron chi connectivity index (χ4n) is 1.45. The number of para-hydroxylation sites is 1. The van der Waals surface area contributed by atoms with E-state index in [1.807, 2.05) is 0 Å². The maximum Gasteiger partial charge on any atom is 0.308 e. The number of phenolic OH excluding ortho intramolecular Hbond substituents is 1. The molecule has 2 unspecified atom stereocenters. The highest BCUT2D eigenvalue weighted by atomic mass is 16.5. The molecule has 0 heterocycles. The molecule has 0 amide bonds. The van der Waals surface area contributed by atoms with Crippen LogP contribution in [0.25, 0.3) is 0 Å². The van der Waals surface area contributed by atoms with Gasteiger partial charge in [-0.1, -0.05) is 18.2 Å². The molecule has 0 fully saturated rings. The first-order chi connectivity index (χ1) is 8.06. The van der Waals surface area contributed by atoms with Gasteiger partial charge in [0.25, 0.3) is 0 Å². The fourth-order valence-corrected chi connectivity index (χ4v) is 1.45. The van der Waals surface area contributed by atoms with Crippen molar-refractivity contribution < 1.29 is 24.9 Å². The summed E-state index contributed by atoms with van der Waals surface area (Å²) in [5.41, 5.74) is 0.185. The Balaban J connectivity index is 2.67. The van der Waals surface area contributed by atoms with Gasteiger partial charge in [-0.25, -0.2) is 0 Å². The molecule has 3 N–H and O–H groups in total. The number of carbonyl (C=O) groups excluding carboxylic acids is 1. The van der Waals surface area contributed by atoms with Crippen LogP contribution in [-0.2, 0) is 9.53 Å². The Labute approximate surface area is 99.3 Å². The predicted molar refractivity (Wildman–Crippen MR) is 60.3 cm³/mol. The topological polar surface area (TPSA) is 87.0 Å². The minimum absolute atomic E-state index is 0.122. The Hall–Kier alpha value is -1.59. The van der Waals surface area contributed by atoms with E-state index in [4.69, 9.17) is 0 Å². The van der Waals surface area contributed by atoms with E-state index < -0.39 is 18.2 Å². The van der Waals surface area contributed by atoms with E-state index in [2.05, 4.69) is 4.74 Å². The van der Waals surface area contributed by atoms with Crippen molar-refractivity contribution >= 4 is 5.97 Å². The lowest BCUT2D eigenvalue weighted by molar-refractivity contribution is -0.147. The quantitative estimate of drug-likeness (QED) is 0.661. The van der Waals surface area contributed by atoms with Crippen LogP contribution in [0.2, 0.25) is 0 Å². The monoisotopic (exact) mass is 240 g/mol. The molecular weight excluding hydrogens is 224 g/mol. The molecular formula is C12H16O5. The van der Waals surface area contributed by atoms with Gasteiger partial charge in [0.05, 0.1) is 19.1 Å². The summed E-state index contributed by atoms with van der Waals surface area (Å²) in [5, 5.41) is 28.9. The predicted octanol–water partition coefficient (Wildman–Crippen LogP) is 0.740. The molecule has 0 aromatic heterocycles. The highest BCUT2D eigenvalue weighted by Gasteiger charge is 2.23. The molecule has 94 valence electrons. The molecule has 0 bridgehead atoms. The number of rotatable bonds is 5. The average molecular weight is 240 g/mol. The molecule has 0 saturated carbocycles. The van der Waals surface area contributed by atoms with Gasteiger partial charge in [0.15, 0.2) is 0 Å². The Morgan fingerprint density at radius 3 is 2.59 bits per heavy atom. The zero-order valence-electron chi connectivity index (χ0n) is 9.54. The highest BCUT2D eigenvalue weighted by molar-refractivity contribution is 5.70. The maximum atomic E-state index is 11.1. The summed E-state index contributed by atoms with van der Waals surface area (Å²) < 4.78 is 4.66. The number of hydrogen-bond donors (Lipinski definition) is 3. The zero-order chi connectivity index (χ0) is 12.8. The van der Waals surface area contributed by atoms with Gasteiger partial charge in [-0.2, -0.15) is 0 Å². The second-order valence-corrected chi connectivity index (χ2v) is 3.58. The Kier molecular flexibility index (Phi) is 4.93. The summed E-state index contributed by atoms with van der Waals surface area (Å²) in [6.07, 6.45) is -2.94. The summed E-state index contributed by atoms with van der Waals surface area (Å²) in [4.78, 5) is 11.1. The second kappa shape index (κ2) is 6.22.